The molecule has 0 saturated carbocycles. The summed E-state index contributed by atoms with van der Waals surface area (Å²) in [6, 6.07) is 0.497. The summed E-state index contributed by atoms with van der Waals surface area (Å²) in [4.78, 5) is 7.07. The summed E-state index contributed by atoms with van der Waals surface area (Å²) >= 11 is 0. The molecule has 0 aromatic carbocycles. The Labute approximate surface area is 124 Å². The van der Waals surface area contributed by atoms with Crippen LogP contribution in [0.25, 0.3) is 0 Å². The SMILES string of the molecule is CCNc1nc2n(n1)CC1=C(N2)C(N2CCOCC2)CC1. The van der Waals surface area contributed by atoms with Gasteiger partial charge in [-0.2, -0.15) is 4.98 Å². The van der Waals surface area contributed by atoms with Gasteiger partial charge < -0.3 is 15.4 Å². The van der Waals surface area contributed by atoms with Crippen LogP contribution in [-0.2, 0) is 11.3 Å². The smallest absolute Gasteiger partial charge is 0.243 e. The molecule has 21 heavy (non-hydrogen) atoms. The van der Waals surface area contributed by atoms with Gasteiger partial charge in [-0.15, -0.1) is 5.10 Å². The summed E-state index contributed by atoms with van der Waals surface area (Å²) in [6.45, 7) is 7.51. The standard InChI is InChI=1S/C14H22N6O/c1-2-15-13-17-14-16-12-10(9-20(14)18-13)3-4-11(12)19-5-7-21-8-6-19/h11H,2-9H2,1H3,(H2,15,16,17,18). The van der Waals surface area contributed by atoms with Gasteiger partial charge in [-0.05, 0) is 25.3 Å². The van der Waals surface area contributed by atoms with E-state index >= 15 is 0 Å². The number of anilines is 2. The van der Waals surface area contributed by atoms with Crippen LogP contribution in [0.15, 0.2) is 11.3 Å². The minimum absolute atomic E-state index is 0.497. The Morgan fingerprint density at radius 2 is 2.24 bits per heavy atom. The number of rotatable bonds is 3. The molecule has 2 N–H and O–H groups in total. The predicted octanol–water partition coefficient (Wildman–Crippen LogP) is 0.884. The lowest BCUT2D eigenvalue weighted by molar-refractivity contribution is 0.0239. The first-order valence-electron chi connectivity index (χ1n) is 7.84. The molecule has 3 aliphatic rings. The van der Waals surface area contributed by atoms with Gasteiger partial charge in [0.1, 0.15) is 0 Å². The highest BCUT2D eigenvalue weighted by Crippen LogP contribution is 2.35. The van der Waals surface area contributed by atoms with Crippen LogP contribution in [-0.4, -0.2) is 58.6 Å². The molecule has 4 rings (SSSR count). The molecule has 0 spiro atoms. The van der Waals surface area contributed by atoms with E-state index in [9.17, 15) is 0 Å². The maximum Gasteiger partial charge on any atom is 0.243 e. The summed E-state index contributed by atoms with van der Waals surface area (Å²) in [5.74, 6) is 1.58. The number of hydrogen-bond donors (Lipinski definition) is 2. The van der Waals surface area contributed by atoms with Gasteiger partial charge in [0.2, 0.25) is 11.9 Å². The van der Waals surface area contributed by atoms with E-state index in [0.717, 1.165) is 51.8 Å². The van der Waals surface area contributed by atoms with Gasteiger partial charge in [-0.1, -0.05) is 0 Å². The van der Waals surface area contributed by atoms with Gasteiger partial charge in [0, 0.05) is 25.3 Å². The van der Waals surface area contributed by atoms with E-state index in [1.54, 1.807) is 0 Å². The zero-order chi connectivity index (χ0) is 14.2. The lowest BCUT2D eigenvalue weighted by atomic mass is 10.1. The van der Waals surface area contributed by atoms with Gasteiger partial charge in [-0.25, -0.2) is 4.68 Å². The van der Waals surface area contributed by atoms with Gasteiger partial charge >= 0.3 is 0 Å². The fourth-order valence-electron chi connectivity index (χ4n) is 3.49. The Hall–Kier alpha value is -1.60. The van der Waals surface area contributed by atoms with Crippen LogP contribution in [0.5, 0.6) is 0 Å². The van der Waals surface area contributed by atoms with Crippen molar-refractivity contribution in [2.75, 3.05) is 43.5 Å². The third-order valence-electron chi connectivity index (χ3n) is 4.51. The normalized spacial score (nSPS) is 25.5. The second kappa shape index (κ2) is 5.31. The van der Waals surface area contributed by atoms with Crippen molar-refractivity contribution < 1.29 is 4.74 Å². The fourth-order valence-corrected chi connectivity index (χ4v) is 3.49. The molecule has 1 fully saturated rings. The van der Waals surface area contributed by atoms with Crippen LogP contribution >= 0.6 is 0 Å². The maximum atomic E-state index is 5.47. The number of morpholine rings is 1. The maximum absolute atomic E-state index is 5.47. The van der Waals surface area contributed by atoms with Crippen LogP contribution in [0.3, 0.4) is 0 Å². The molecular weight excluding hydrogens is 268 g/mol. The number of aromatic nitrogens is 3. The number of hydrogen-bond acceptors (Lipinski definition) is 6. The topological polar surface area (TPSA) is 67.2 Å². The Morgan fingerprint density at radius 1 is 1.38 bits per heavy atom. The van der Waals surface area contributed by atoms with Crippen molar-refractivity contribution in [3.05, 3.63) is 11.3 Å². The predicted molar refractivity (Wildman–Crippen MR) is 80.2 cm³/mol. The molecule has 0 bridgehead atoms. The second-order valence-corrected chi connectivity index (χ2v) is 5.79. The fraction of sp³-hybridized carbons (Fsp3) is 0.714. The van der Waals surface area contributed by atoms with Crippen LogP contribution in [0.2, 0.25) is 0 Å². The van der Waals surface area contributed by atoms with E-state index in [1.165, 1.54) is 17.7 Å². The quantitative estimate of drug-likeness (QED) is 0.861. The lowest BCUT2D eigenvalue weighted by Crippen LogP contribution is -2.44. The molecule has 0 amide bonds. The van der Waals surface area contributed by atoms with Gasteiger partial charge in [0.15, 0.2) is 0 Å². The molecule has 1 unspecified atom stereocenters. The minimum Gasteiger partial charge on any atom is -0.379 e. The van der Waals surface area contributed by atoms with Crippen LogP contribution in [0.4, 0.5) is 11.9 Å². The molecule has 2 aliphatic heterocycles. The minimum atomic E-state index is 0.497. The Kier molecular flexibility index (Phi) is 3.31. The molecule has 1 saturated heterocycles. The molecule has 114 valence electrons. The summed E-state index contributed by atoms with van der Waals surface area (Å²) in [5.41, 5.74) is 2.84. The highest BCUT2D eigenvalue weighted by atomic mass is 16.5. The first-order chi connectivity index (χ1) is 10.3. The number of nitrogens with zero attached hydrogens (tertiary/aromatic N) is 4. The molecular formula is C14H22N6O. The van der Waals surface area contributed by atoms with Crippen molar-refractivity contribution in [1.29, 1.82) is 0 Å². The molecule has 0 radical (unpaired) electrons. The number of nitrogens with one attached hydrogen (secondary N) is 2. The molecule has 7 nitrogen and oxygen atoms in total. The van der Waals surface area contributed by atoms with Crippen molar-refractivity contribution in [3.63, 3.8) is 0 Å². The van der Waals surface area contributed by atoms with E-state index in [2.05, 4.69) is 32.5 Å². The number of ether oxygens (including phenoxy) is 1. The molecule has 1 aliphatic carbocycles. The van der Waals surface area contributed by atoms with Crippen LogP contribution < -0.4 is 10.6 Å². The van der Waals surface area contributed by atoms with Crippen molar-refractivity contribution >= 4 is 11.9 Å². The first-order valence-corrected chi connectivity index (χ1v) is 7.84. The summed E-state index contributed by atoms with van der Waals surface area (Å²) in [7, 11) is 0. The van der Waals surface area contributed by atoms with E-state index in [4.69, 9.17) is 4.74 Å². The van der Waals surface area contributed by atoms with Crippen molar-refractivity contribution in [2.24, 2.45) is 0 Å². The van der Waals surface area contributed by atoms with Gasteiger partial charge in [0.25, 0.3) is 0 Å². The van der Waals surface area contributed by atoms with Crippen molar-refractivity contribution in [2.45, 2.75) is 32.4 Å². The Balaban J connectivity index is 1.54. The second-order valence-electron chi connectivity index (χ2n) is 5.79. The monoisotopic (exact) mass is 290 g/mol. The number of fused-ring (bicyclic) bond motifs is 1. The Morgan fingerprint density at radius 3 is 3.05 bits per heavy atom. The average Bonchev–Trinajstić information content (AvgIpc) is 3.08. The van der Waals surface area contributed by atoms with E-state index in [1.807, 2.05) is 4.68 Å². The number of allylic oxidation sites excluding steroid dienone is 1. The third kappa shape index (κ3) is 2.30. The van der Waals surface area contributed by atoms with Gasteiger partial charge in [0.05, 0.1) is 25.8 Å². The van der Waals surface area contributed by atoms with Gasteiger partial charge in [-0.3, -0.25) is 4.90 Å². The largest absolute Gasteiger partial charge is 0.379 e. The average molecular weight is 290 g/mol. The Bertz CT molecular complexity index is 560. The molecule has 3 heterocycles. The third-order valence-corrected chi connectivity index (χ3v) is 4.51. The summed E-state index contributed by atoms with van der Waals surface area (Å²) in [5, 5.41) is 11.2. The molecule has 1 aromatic rings. The summed E-state index contributed by atoms with van der Waals surface area (Å²) in [6.07, 6.45) is 2.35. The highest BCUT2D eigenvalue weighted by Gasteiger charge is 2.35. The highest BCUT2D eigenvalue weighted by molar-refractivity contribution is 5.48. The van der Waals surface area contributed by atoms with Crippen molar-refractivity contribution in [3.8, 4) is 0 Å². The summed E-state index contributed by atoms with van der Waals surface area (Å²) < 4.78 is 7.44. The molecule has 7 heteroatoms. The van der Waals surface area contributed by atoms with E-state index < -0.39 is 0 Å². The van der Waals surface area contributed by atoms with E-state index in [-0.39, 0.29) is 0 Å². The van der Waals surface area contributed by atoms with Crippen LogP contribution in [0.1, 0.15) is 19.8 Å². The zero-order valence-corrected chi connectivity index (χ0v) is 12.4. The molecule has 1 aromatic heterocycles. The first kappa shape index (κ1) is 13.1. The van der Waals surface area contributed by atoms with Crippen molar-refractivity contribution in [1.82, 2.24) is 19.7 Å². The zero-order valence-electron chi connectivity index (χ0n) is 12.4. The lowest BCUT2D eigenvalue weighted by Gasteiger charge is -2.34. The van der Waals surface area contributed by atoms with Crippen LogP contribution in [0, 0.1) is 0 Å². The molecule has 1 atom stereocenters. The van der Waals surface area contributed by atoms with E-state index in [0.29, 0.717) is 12.0 Å².